The molecule has 0 rings (SSSR count). The first-order valence-corrected chi connectivity index (χ1v) is 5.14. The van der Waals surface area contributed by atoms with Gasteiger partial charge >= 0.3 is 24.9 Å². The Morgan fingerprint density at radius 1 is 1.13 bits per heavy atom. The SMILES string of the molecule is COC(=O)CP(=O)(C(F)(F)F)C(F)(F)F. The van der Waals surface area contributed by atoms with E-state index in [9.17, 15) is 35.7 Å². The number of esters is 1. The van der Waals surface area contributed by atoms with E-state index in [0.717, 1.165) is 0 Å². The quantitative estimate of drug-likeness (QED) is 0.434. The van der Waals surface area contributed by atoms with Gasteiger partial charge in [-0.3, -0.25) is 4.79 Å². The minimum Gasteiger partial charge on any atom is -0.469 e. The second-order valence-corrected chi connectivity index (χ2v) is 5.22. The number of carbonyl (C=O) groups excluding carboxylic acids is 1. The fourth-order valence-electron chi connectivity index (χ4n) is 0.569. The smallest absolute Gasteiger partial charge is 0.449 e. The van der Waals surface area contributed by atoms with Crippen LogP contribution in [-0.2, 0) is 14.1 Å². The van der Waals surface area contributed by atoms with Crippen molar-refractivity contribution in [2.45, 2.75) is 11.8 Å². The van der Waals surface area contributed by atoms with E-state index in [2.05, 4.69) is 4.74 Å². The lowest BCUT2D eigenvalue weighted by molar-refractivity contribution is -0.139. The third-order valence-corrected chi connectivity index (χ3v) is 3.74. The summed E-state index contributed by atoms with van der Waals surface area (Å²) in [5.74, 6) is -13.8. The van der Waals surface area contributed by atoms with Crippen molar-refractivity contribution in [1.82, 2.24) is 0 Å². The zero-order valence-corrected chi connectivity index (χ0v) is 8.04. The van der Waals surface area contributed by atoms with E-state index < -0.39 is 31.1 Å². The minimum absolute atomic E-state index is 0.597. The first-order valence-electron chi connectivity index (χ1n) is 3.25. The maximum absolute atomic E-state index is 11.9. The van der Waals surface area contributed by atoms with E-state index in [1.807, 2.05) is 0 Å². The second kappa shape index (κ2) is 4.03. The molecule has 0 aromatic heterocycles. The molecule has 0 aliphatic carbocycles. The topological polar surface area (TPSA) is 43.4 Å². The van der Waals surface area contributed by atoms with Crippen LogP contribution in [0.2, 0.25) is 0 Å². The summed E-state index contributed by atoms with van der Waals surface area (Å²) < 4.78 is 85.7. The van der Waals surface area contributed by atoms with Crippen LogP contribution in [0.4, 0.5) is 26.3 Å². The van der Waals surface area contributed by atoms with Gasteiger partial charge < -0.3 is 9.30 Å². The molecular formula is C5H5F6O3P. The van der Waals surface area contributed by atoms with E-state index in [1.54, 1.807) is 0 Å². The molecule has 0 amide bonds. The molecule has 0 heterocycles. The molecule has 0 N–H and O–H groups in total. The highest BCUT2D eigenvalue weighted by Gasteiger charge is 2.68. The number of alkyl halides is 6. The molecule has 0 unspecified atom stereocenters. The Morgan fingerprint density at radius 2 is 1.47 bits per heavy atom. The molecule has 0 fully saturated rings. The predicted molar refractivity (Wildman–Crippen MR) is 36.6 cm³/mol. The fraction of sp³-hybridized carbons (Fsp3) is 0.800. The molecule has 10 heteroatoms. The van der Waals surface area contributed by atoms with Crippen LogP contribution in [0.1, 0.15) is 0 Å². The number of methoxy groups -OCH3 is 1. The van der Waals surface area contributed by atoms with Crippen LogP contribution in [0.3, 0.4) is 0 Å². The van der Waals surface area contributed by atoms with Crippen LogP contribution < -0.4 is 0 Å². The van der Waals surface area contributed by atoms with E-state index >= 15 is 0 Å². The summed E-state index contributed by atoms with van der Waals surface area (Å²) in [6.45, 7) is 0. The lowest BCUT2D eigenvalue weighted by Crippen LogP contribution is -2.27. The largest absolute Gasteiger partial charge is 0.469 e. The number of hydrogen-bond acceptors (Lipinski definition) is 3. The summed E-state index contributed by atoms with van der Waals surface area (Å²) >= 11 is 0. The van der Waals surface area contributed by atoms with Gasteiger partial charge in [0.25, 0.3) is 0 Å². The van der Waals surface area contributed by atoms with Crippen LogP contribution in [0, 0.1) is 0 Å². The molecule has 3 nitrogen and oxygen atoms in total. The highest BCUT2D eigenvalue weighted by atomic mass is 31.2. The van der Waals surface area contributed by atoms with Crippen LogP contribution >= 0.6 is 7.14 Å². The normalized spacial score (nSPS) is 13.8. The molecule has 0 saturated heterocycles. The number of carbonyl (C=O) groups is 1. The van der Waals surface area contributed by atoms with E-state index in [4.69, 9.17) is 0 Å². The molecule has 0 aliphatic rings. The van der Waals surface area contributed by atoms with Gasteiger partial charge in [-0.15, -0.1) is 0 Å². The summed E-state index contributed by atoms with van der Waals surface area (Å²) in [4.78, 5) is 10.3. The van der Waals surface area contributed by atoms with Gasteiger partial charge in [-0.25, -0.2) is 0 Å². The number of halogens is 6. The Hall–Kier alpha value is -0.720. The summed E-state index contributed by atoms with van der Waals surface area (Å²) in [6.07, 6.45) is -2.23. The minimum atomic E-state index is -6.63. The molecule has 0 saturated carbocycles. The lowest BCUT2D eigenvalue weighted by atomic mass is 10.8. The van der Waals surface area contributed by atoms with Crippen molar-refractivity contribution in [3.05, 3.63) is 0 Å². The third-order valence-electron chi connectivity index (χ3n) is 1.40. The van der Waals surface area contributed by atoms with Gasteiger partial charge in [-0.1, -0.05) is 0 Å². The van der Waals surface area contributed by atoms with Crippen LogP contribution in [-0.4, -0.2) is 31.1 Å². The summed E-state index contributed by atoms with van der Waals surface area (Å²) in [7, 11) is -6.04. The fourth-order valence-corrected chi connectivity index (χ4v) is 1.71. The number of hydrogen-bond donors (Lipinski definition) is 0. The zero-order chi connectivity index (χ0) is 12.5. The van der Waals surface area contributed by atoms with E-state index in [0.29, 0.717) is 7.11 Å². The molecule has 0 aliphatic heterocycles. The van der Waals surface area contributed by atoms with Gasteiger partial charge in [0, 0.05) is 0 Å². The second-order valence-electron chi connectivity index (χ2n) is 2.41. The monoisotopic (exact) mass is 258 g/mol. The molecule has 0 aromatic rings. The average molecular weight is 258 g/mol. The van der Waals surface area contributed by atoms with Crippen LogP contribution in [0.15, 0.2) is 0 Å². The maximum Gasteiger partial charge on any atom is 0.449 e. The van der Waals surface area contributed by atoms with Gasteiger partial charge in [0.2, 0.25) is 0 Å². The van der Waals surface area contributed by atoms with Crippen LogP contribution in [0.5, 0.6) is 0 Å². The molecule has 0 spiro atoms. The Bertz CT molecular complexity index is 274. The van der Waals surface area contributed by atoms with E-state index in [-0.39, 0.29) is 0 Å². The van der Waals surface area contributed by atoms with Crippen molar-refractivity contribution in [2.75, 3.05) is 13.3 Å². The van der Waals surface area contributed by atoms with E-state index in [1.165, 1.54) is 0 Å². The molecule has 0 bridgehead atoms. The van der Waals surface area contributed by atoms with Gasteiger partial charge in [0.15, 0.2) is 0 Å². The molecule has 90 valence electrons. The Morgan fingerprint density at radius 3 is 1.67 bits per heavy atom. The van der Waals surface area contributed by atoms with Crippen LogP contribution in [0.25, 0.3) is 0 Å². The summed E-state index contributed by atoms with van der Waals surface area (Å²) in [5.41, 5.74) is 0. The lowest BCUT2D eigenvalue weighted by Gasteiger charge is -2.22. The molecular weight excluding hydrogens is 253 g/mol. The Kier molecular flexibility index (Phi) is 3.84. The Balaban J connectivity index is 5.26. The first-order chi connectivity index (χ1) is 6.45. The van der Waals surface area contributed by atoms with Crippen molar-refractivity contribution in [3.8, 4) is 0 Å². The van der Waals surface area contributed by atoms with Crippen molar-refractivity contribution in [1.29, 1.82) is 0 Å². The number of rotatable bonds is 2. The summed E-state index contributed by atoms with van der Waals surface area (Å²) in [6, 6.07) is 0. The van der Waals surface area contributed by atoms with Gasteiger partial charge in [0.05, 0.1) is 7.11 Å². The molecule has 0 radical (unpaired) electrons. The molecule has 0 aromatic carbocycles. The standard InChI is InChI=1S/C5H5F6O3P/c1-14-3(12)2-15(13,4(6,7)8)5(9,10)11/h2H2,1H3. The van der Waals surface area contributed by atoms with Crippen molar-refractivity contribution in [2.24, 2.45) is 0 Å². The van der Waals surface area contributed by atoms with Crippen molar-refractivity contribution >= 4 is 13.1 Å². The van der Waals surface area contributed by atoms with Crippen molar-refractivity contribution < 1.29 is 40.4 Å². The third kappa shape index (κ3) is 2.87. The average Bonchev–Trinajstić information content (AvgIpc) is 1.99. The van der Waals surface area contributed by atoms with Gasteiger partial charge in [-0.05, 0) is 0 Å². The van der Waals surface area contributed by atoms with Crippen molar-refractivity contribution in [3.63, 3.8) is 0 Å². The predicted octanol–water partition coefficient (Wildman–Crippen LogP) is 2.56. The number of ether oxygens (including phenoxy) is 1. The maximum atomic E-state index is 11.9. The zero-order valence-electron chi connectivity index (χ0n) is 7.15. The Labute approximate surface area is 79.8 Å². The summed E-state index contributed by atoms with van der Waals surface area (Å²) in [5, 5.41) is 0. The first kappa shape index (κ1) is 14.3. The van der Waals surface area contributed by atoms with Gasteiger partial charge in [0.1, 0.15) is 6.16 Å². The highest BCUT2D eigenvalue weighted by Crippen LogP contribution is 2.71. The van der Waals surface area contributed by atoms with Gasteiger partial charge in [-0.2, -0.15) is 26.3 Å². The molecule has 0 atom stereocenters. The molecule has 15 heavy (non-hydrogen) atoms. The highest BCUT2D eigenvalue weighted by molar-refractivity contribution is 7.66.